The first-order valence-corrected chi connectivity index (χ1v) is 9.66. The molecule has 3 heterocycles. The smallest absolute Gasteiger partial charge is 0.243 e. The first-order valence-electron chi connectivity index (χ1n) is 9.66. The molecule has 0 bridgehead atoms. The molecule has 0 unspecified atom stereocenters. The number of rotatable bonds is 5. The second kappa shape index (κ2) is 6.84. The monoisotopic (exact) mass is 391 g/mol. The summed E-state index contributed by atoms with van der Waals surface area (Å²) in [4.78, 5) is 40.0. The molecule has 1 aromatic carbocycles. The highest BCUT2D eigenvalue weighted by Crippen LogP contribution is 2.48. The molecule has 0 spiro atoms. The van der Waals surface area contributed by atoms with Gasteiger partial charge in [0.25, 0.3) is 0 Å². The Bertz CT molecular complexity index is 1080. The molecular weight excluding hydrogens is 370 g/mol. The molecule has 1 aliphatic heterocycles. The van der Waals surface area contributed by atoms with Crippen molar-refractivity contribution in [3.63, 3.8) is 0 Å². The molecule has 5 rings (SSSR count). The van der Waals surface area contributed by atoms with Gasteiger partial charge in [0.15, 0.2) is 11.5 Å². The zero-order chi connectivity index (χ0) is 20.0. The van der Waals surface area contributed by atoms with Crippen LogP contribution < -0.4 is 11.1 Å². The van der Waals surface area contributed by atoms with Crippen molar-refractivity contribution >= 4 is 28.8 Å². The summed E-state index contributed by atoms with van der Waals surface area (Å²) in [5.74, 6) is 0.495. The maximum Gasteiger partial charge on any atom is 0.243 e. The van der Waals surface area contributed by atoms with E-state index in [1.165, 1.54) is 6.33 Å². The number of nitrogens with zero attached hydrogens (tertiary/aromatic N) is 5. The lowest BCUT2D eigenvalue weighted by Crippen LogP contribution is -2.48. The minimum atomic E-state index is -0.426. The molecule has 3 aromatic rings. The Hall–Kier alpha value is -3.49. The number of hydrogen-bond acceptors (Lipinski definition) is 6. The van der Waals surface area contributed by atoms with Gasteiger partial charge < -0.3 is 20.5 Å². The number of carbonyl (C=O) groups is 2. The van der Waals surface area contributed by atoms with Crippen LogP contribution in [0.4, 0.5) is 5.82 Å². The van der Waals surface area contributed by atoms with Crippen LogP contribution in [-0.4, -0.2) is 48.3 Å². The lowest BCUT2D eigenvalue weighted by atomic mass is 10.1. The number of anilines is 1. The van der Waals surface area contributed by atoms with Gasteiger partial charge in [-0.15, -0.1) is 0 Å². The average Bonchev–Trinajstić information content (AvgIpc) is 3.20. The number of nitrogen functional groups attached to an aromatic ring is 1. The highest BCUT2D eigenvalue weighted by Gasteiger charge is 2.55. The third-order valence-corrected chi connectivity index (χ3v) is 5.74. The fraction of sp³-hybridized carbons (Fsp3) is 0.350. The Kier molecular flexibility index (Phi) is 4.15. The van der Waals surface area contributed by atoms with Crippen LogP contribution in [0.3, 0.4) is 0 Å². The van der Waals surface area contributed by atoms with Gasteiger partial charge in [0.05, 0.1) is 6.33 Å². The van der Waals surface area contributed by atoms with Gasteiger partial charge >= 0.3 is 0 Å². The fourth-order valence-electron chi connectivity index (χ4n) is 4.19. The molecule has 1 saturated carbocycles. The molecule has 3 atom stereocenters. The predicted octanol–water partition coefficient (Wildman–Crippen LogP) is 0.714. The number of amides is 2. The summed E-state index contributed by atoms with van der Waals surface area (Å²) in [6, 6.07) is 9.48. The minimum Gasteiger partial charge on any atom is -0.382 e. The van der Waals surface area contributed by atoms with Gasteiger partial charge in [-0.05, 0) is 24.3 Å². The van der Waals surface area contributed by atoms with E-state index in [2.05, 4.69) is 20.3 Å². The molecule has 3 N–H and O–H groups in total. The summed E-state index contributed by atoms with van der Waals surface area (Å²) in [5, 5.41) is 2.97. The van der Waals surface area contributed by atoms with Crippen molar-refractivity contribution in [3.05, 3.63) is 48.5 Å². The van der Waals surface area contributed by atoms with Crippen molar-refractivity contribution in [2.75, 3.05) is 5.73 Å². The molecule has 2 fully saturated rings. The van der Waals surface area contributed by atoms with Gasteiger partial charge in [-0.3, -0.25) is 9.59 Å². The van der Waals surface area contributed by atoms with E-state index in [-0.39, 0.29) is 30.2 Å². The van der Waals surface area contributed by atoms with Gasteiger partial charge in [-0.2, -0.15) is 0 Å². The average molecular weight is 391 g/mol. The summed E-state index contributed by atoms with van der Waals surface area (Å²) < 4.78 is 1.66. The highest BCUT2D eigenvalue weighted by molar-refractivity contribution is 5.90. The van der Waals surface area contributed by atoms with Crippen LogP contribution in [0, 0.1) is 5.92 Å². The lowest BCUT2D eigenvalue weighted by Gasteiger charge is -2.27. The lowest BCUT2D eigenvalue weighted by molar-refractivity contribution is -0.140. The van der Waals surface area contributed by atoms with Crippen LogP contribution >= 0.6 is 0 Å². The van der Waals surface area contributed by atoms with Gasteiger partial charge in [0.2, 0.25) is 11.8 Å². The predicted molar refractivity (Wildman–Crippen MR) is 105 cm³/mol. The number of nitrogens with two attached hydrogens (primary N) is 1. The fourth-order valence-corrected chi connectivity index (χ4v) is 4.19. The molecule has 2 aliphatic rings. The van der Waals surface area contributed by atoms with E-state index in [9.17, 15) is 9.59 Å². The Morgan fingerprint density at radius 1 is 1.14 bits per heavy atom. The second-order valence-electron chi connectivity index (χ2n) is 7.62. The number of nitrogens with one attached hydrogen (secondary N) is 1. The first-order chi connectivity index (χ1) is 14.1. The van der Waals surface area contributed by atoms with Crippen molar-refractivity contribution < 1.29 is 9.59 Å². The quantitative estimate of drug-likeness (QED) is 0.661. The molecule has 2 amide bonds. The zero-order valence-corrected chi connectivity index (χ0v) is 15.7. The number of likely N-dealkylation sites (tertiary alicyclic amines) is 1. The number of imidazole rings is 1. The van der Waals surface area contributed by atoms with E-state index in [1.807, 2.05) is 30.3 Å². The van der Waals surface area contributed by atoms with E-state index < -0.39 is 6.04 Å². The molecule has 0 radical (unpaired) electrons. The van der Waals surface area contributed by atoms with Gasteiger partial charge in [-0.1, -0.05) is 30.3 Å². The largest absolute Gasteiger partial charge is 0.382 e. The summed E-state index contributed by atoms with van der Waals surface area (Å²) in [6.45, 7) is 0.522. The van der Waals surface area contributed by atoms with Crippen LogP contribution in [0.1, 0.15) is 18.4 Å². The van der Waals surface area contributed by atoms with Crippen molar-refractivity contribution in [1.29, 1.82) is 0 Å². The molecule has 29 heavy (non-hydrogen) atoms. The topological polar surface area (TPSA) is 119 Å². The number of fused-ring (bicyclic) bond motifs is 2. The number of aromatic nitrogens is 4. The number of benzene rings is 1. The van der Waals surface area contributed by atoms with E-state index in [1.54, 1.807) is 15.8 Å². The van der Waals surface area contributed by atoms with Crippen molar-refractivity contribution in [2.24, 2.45) is 5.92 Å². The standard InChI is InChI=1S/C20H21N7O2/c21-18-17-19(24-10-23-18)26(11-25-17)9-16(28)27-14-6-13(14)7-15(27)20(29)22-8-12-4-2-1-3-5-12/h1-5,10-11,13-15H,6-9H2,(H,22,29)(H2,21,23,24)/t13-,14-,15+/m1/s1. The number of hydrogen-bond donors (Lipinski definition) is 2. The van der Waals surface area contributed by atoms with Crippen LogP contribution in [0.15, 0.2) is 43.0 Å². The summed E-state index contributed by atoms with van der Waals surface area (Å²) in [6.07, 6.45) is 4.58. The van der Waals surface area contributed by atoms with Crippen molar-refractivity contribution in [2.45, 2.75) is 38.0 Å². The van der Waals surface area contributed by atoms with Crippen LogP contribution in [0.2, 0.25) is 0 Å². The van der Waals surface area contributed by atoms with Gasteiger partial charge in [-0.25, -0.2) is 15.0 Å². The maximum atomic E-state index is 13.1. The van der Waals surface area contributed by atoms with Crippen LogP contribution in [-0.2, 0) is 22.7 Å². The Balaban J connectivity index is 1.30. The normalized spacial score (nSPS) is 22.5. The van der Waals surface area contributed by atoms with Crippen LogP contribution in [0.5, 0.6) is 0 Å². The highest BCUT2D eigenvalue weighted by atomic mass is 16.2. The van der Waals surface area contributed by atoms with Gasteiger partial charge in [0.1, 0.15) is 24.4 Å². The second-order valence-corrected chi connectivity index (χ2v) is 7.62. The van der Waals surface area contributed by atoms with E-state index >= 15 is 0 Å². The van der Waals surface area contributed by atoms with E-state index in [4.69, 9.17) is 5.73 Å². The number of carbonyl (C=O) groups excluding carboxylic acids is 2. The summed E-state index contributed by atoms with van der Waals surface area (Å²) >= 11 is 0. The first kappa shape index (κ1) is 17.6. The molecule has 148 valence electrons. The SMILES string of the molecule is Nc1ncnc2c1ncn2CC(=O)N1[C@@H]2C[C@@H]2C[C@H]1C(=O)NCc1ccccc1. The molecule has 9 heteroatoms. The zero-order valence-electron chi connectivity index (χ0n) is 15.7. The third kappa shape index (κ3) is 3.18. The molecule has 1 saturated heterocycles. The molecular formula is C20H21N7O2. The maximum absolute atomic E-state index is 13.1. The minimum absolute atomic E-state index is 0.0681. The Morgan fingerprint density at radius 2 is 1.97 bits per heavy atom. The number of piperidine rings is 1. The van der Waals surface area contributed by atoms with Crippen molar-refractivity contribution in [1.82, 2.24) is 29.7 Å². The van der Waals surface area contributed by atoms with Crippen molar-refractivity contribution in [3.8, 4) is 0 Å². The summed E-state index contributed by atoms with van der Waals surface area (Å²) in [5.41, 5.74) is 7.84. The summed E-state index contributed by atoms with van der Waals surface area (Å²) in [7, 11) is 0. The van der Waals surface area contributed by atoms with Gasteiger partial charge in [0, 0.05) is 12.6 Å². The third-order valence-electron chi connectivity index (χ3n) is 5.74. The van der Waals surface area contributed by atoms with E-state index in [0.717, 1.165) is 18.4 Å². The molecule has 2 aromatic heterocycles. The van der Waals surface area contributed by atoms with Crippen LogP contribution in [0.25, 0.3) is 11.2 Å². The van der Waals surface area contributed by atoms with E-state index in [0.29, 0.717) is 23.6 Å². The Morgan fingerprint density at radius 3 is 2.79 bits per heavy atom. The molecule has 1 aliphatic carbocycles. The Labute approximate surface area is 166 Å². The molecule has 9 nitrogen and oxygen atoms in total.